The molecule has 1 aliphatic rings. The highest BCUT2D eigenvalue weighted by Gasteiger charge is 2.76. The zero-order valence-electron chi connectivity index (χ0n) is 13.3. The van der Waals surface area contributed by atoms with Crippen molar-refractivity contribution in [1.82, 2.24) is 0 Å². The Balaban J connectivity index is 2.44. The van der Waals surface area contributed by atoms with E-state index < -0.39 is 45.2 Å². The molecule has 0 aliphatic carbocycles. The van der Waals surface area contributed by atoms with Crippen LogP contribution in [0.4, 0.5) is 17.6 Å². The Morgan fingerprint density at radius 2 is 1.75 bits per heavy atom. The van der Waals surface area contributed by atoms with Crippen LogP contribution in [0.3, 0.4) is 0 Å². The standard InChI is InChI=1S/C15H18F4O4S/c1-9-4-6-11(7-5-9)24(21,22)8-12-10(2)23-13(3,20)14(12,16)15(17,18)19/h4-7,10,12,20H,8H2,1-3H3/t10-,12-,13+,14+/m0/s1. The quantitative estimate of drug-likeness (QED) is 0.831. The first-order valence-electron chi connectivity index (χ1n) is 7.17. The minimum atomic E-state index is -5.49. The van der Waals surface area contributed by atoms with Crippen LogP contribution >= 0.6 is 0 Å². The molecule has 24 heavy (non-hydrogen) atoms. The van der Waals surface area contributed by atoms with Crippen molar-refractivity contribution in [2.24, 2.45) is 5.92 Å². The van der Waals surface area contributed by atoms with E-state index in [2.05, 4.69) is 0 Å². The van der Waals surface area contributed by atoms with Gasteiger partial charge in [0.25, 0.3) is 5.67 Å². The van der Waals surface area contributed by atoms with Crippen LogP contribution in [0.25, 0.3) is 0 Å². The van der Waals surface area contributed by atoms with Gasteiger partial charge in [-0.3, -0.25) is 0 Å². The molecule has 1 N–H and O–H groups in total. The molecule has 0 bridgehead atoms. The second-order valence-corrected chi connectivity index (χ2v) is 8.25. The van der Waals surface area contributed by atoms with Crippen molar-refractivity contribution in [2.45, 2.75) is 49.4 Å². The third kappa shape index (κ3) is 2.93. The fraction of sp³-hybridized carbons (Fsp3) is 0.600. The van der Waals surface area contributed by atoms with Gasteiger partial charge in [0.15, 0.2) is 9.84 Å². The first-order valence-corrected chi connectivity index (χ1v) is 8.83. The molecule has 1 heterocycles. The second kappa shape index (κ2) is 5.67. The summed E-state index contributed by atoms with van der Waals surface area (Å²) in [7, 11) is -4.21. The third-order valence-electron chi connectivity index (χ3n) is 4.36. The lowest BCUT2D eigenvalue weighted by Gasteiger charge is -2.35. The fourth-order valence-electron chi connectivity index (χ4n) is 3.00. The number of ether oxygens (including phenoxy) is 1. The summed E-state index contributed by atoms with van der Waals surface area (Å²) in [5, 5.41) is 9.78. The molecule has 2 rings (SSSR count). The number of rotatable bonds is 3. The summed E-state index contributed by atoms with van der Waals surface area (Å²) in [5.41, 5.74) is -3.43. The van der Waals surface area contributed by atoms with Gasteiger partial charge in [-0.1, -0.05) is 17.7 Å². The molecule has 0 amide bonds. The van der Waals surface area contributed by atoms with Crippen LogP contribution < -0.4 is 0 Å². The van der Waals surface area contributed by atoms with E-state index in [1.54, 1.807) is 6.92 Å². The van der Waals surface area contributed by atoms with Crippen molar-refractivity contribution in [3.63, 3.8) is 0 Å². The van der Waals surface area contributed by atoms with Crippen molar-refractivity contribution >= 4 is 9.84 Å². The van der Waals surface area contributed by atoms with Gasteiger partial charge in [-0.25, -0.2) is 12.8 Å². The molecule has 4 nitrogen and oxygen atoms in total. The first kappa shape index (κ1) is 19.1. The van der Waals surface area contributed by atoms with Crippen LogP contribution in [-0.2, 0) is 14.6 Å². The Morgan fingerprint density at radius 3 is 2.21 bits per heavy atom. The maximum Gasteiger partial charge on any atom is 0.428 e. The summed E-state index contributed by atoms with van der Waals surface area (Å²) in [6.45, 7) is 3.38. The Morgan fingerprint density at radius 1 is 1.25 bits per heavy atom. The van der Waals surface area contributed by atoms with E-state index in [4.69, 9.17) is 4.74 Å². The van der Waals surface area contributed by atoms with Crippen molar-refractivity contribution in [3.8, 4) is 0 Å². The minimum absolute atomic E-state index is 0.212. The highest BCUT2D eigenvalue weighted by Crippen LogP contribution is 2.54. The van der Waals surface area contributed by atoms with Crippen LogP contribution in [0.15, 0.2) is 29.2 Å². The van der Waals surface area contributed by atoms with Crippen molar-refractivity contribution in [2.75, 3.05) is 5.75 Å². The molecule has 0 unspecified atom stereocenters. The monoisotopic (exact) mass is 370 g/mol. The van der Waals surface area contributed by atoms with Gasteiger partial charge in [0, 0.05) is 5.92 Å². The molecule has 4 atom stereocenters. The van der Waals surface area contributed by atoms with Crippen LogP contribution in [0.2, 0.25) is 0 Å². The van der Waals surface area contributed by atoms with Crippen LogP contribution in [0.1, 0.15) is 19.4 Å². The van der Waals surface area contributed by atoms with Gasteiger partial charge in [-0.2, -0.15) is 13.2 Å². The summed E-state index contributed by atoms with van der Waals surface area (Å²) < 4.78 is 84.2. The largest absolute Gasteiger partial charge is 0.428 e. The number of alkyl halides is 4. The van der Waals surface area contributed by atoms with E-state index in [-0.39, 0.29) is 4.90 Å². The number of aryl methyl sites for hydroxylation is 1. The molecule has 1 fully saturated rings. The highest BCUT2D eigenvalue weighted by molar-refractivity contribution is 7.91. The molecule has 9 heteroatoms. The number of sulfone groups is 1. The number of aliphatic hydroxyl groups is 1. The van der Waals surface area contributed by atoms with Gasteiger partial charge in [-0.15, -0.1) is 0 Å². The summed E-state index contributed by atoms with van der Waals surface area (Å²) in [6, 6.07) is 5.47. The van der Waals surface area contributed by atoms with Crippen LogP contribution in [0, 0.1) is 12.8 Å². The molecule has 136 valence electrons. The van der Waals surface area contributed by atoms with Crippen molar-refractivity contribution in [1.29, 1.82) is 0 Å². The van der Waals surface area contributed by atoms with Crippen LogP contribution in [-0.4, -0.2) is 43.0 Å². The number of hydrogen-bond donors (Lipinski definition) is 1. The molecule has 1 saturated heterocycles. The predicted octanol–water partition coefficient (Wildman–Crippen LogP) is 2.78. The van der Waals surface area contributed by atoms with E-state index in [9.17, 15) is 31.1 Å². The molecule has 0 aromatic heterocycles. The maximum absolute atomic E-state index is 14.9. The second-order valence-electron chi connectivity index (χ2n) is 6.22. The van der Waals surface area contributed by atoms with E-state index in [0.717, 1.165) is 12.5 Å². The van der Waals surface area contributed by atoms with E-state index in [1.165, 1.54) is 24.3 Å². The highest BCUT2D eigenvalue weighted by atomic mass is 32.2. The molecule has 1 aromatic rings. The first-order chi connectivity index (χ1) is 10.7. The normalized spacial score (nSPS) is 34.5. The average Bonchev–Trinajstić information content (AvgIpc) is 2.58. The maximum atomic E-state index is 14.9. The van der Waals surface area contributed by atoms with E-state index in [0.29, 0.717) is 6.92 Å². The Labute approximate surface area is 137 Å². The van der Waals surface area contributed by atoms with Gasteiger partial charge < -0.3 is 9.84 Å². The Hall–Kier alpha value is -1.19. The summed E-state index contributed by atoms with van der Waals surface area (Å²) in [4.78, 5) is -0.212. The number of hydrogen-bond acceptors (Lipinski definition) is 4. The fourth-order valence-corrected chi connectivity index (χ4v) is 4.72. The average molecular weight is 370 g/mol. The Kier molecular flexibility index (Phi) is 4.52. The molecule has 0 spiro atoms. The topological polar surface area (TPSA) is 63.6 Å². The predicted molar refractivity (Wildman–Crippen MR) is 77.8 cm³/mol. The lowest BCUT2D eigenvalue weighted by molar-refractivity contribution is -0.327. The number of halogens is 4. The van der Waals surface area contributed by atoms with E-state index >= 15 is 0 Å². The molecule has 0 radical (unpaired) electrons. The van der Waals surface area contributed by atoms with Gasteiger partial charge in [0.2, 0.25) is 5.79 Å². The molecule has 1 aliphatic heterocycles. The molecule has 1 aromatic carbocycles. The number of benzene rings is 1. The lowest BCUT2D eigenvalue weighted by Crippen LogP contribution is -2.60. The van der Waals surface area contributed by atoms with Crippen molar-refractivity contribution in [3.05, 3.63) is 29.8 Å². The van der Waals surface area contributed by atoms with E-state index in [1.807, 2.05) is 0 Å². The molecular weight excluding hydrogens is 352 g/mol. The van der Waals surface area contributed by atoms with Crippen LogP contribution in [0.5, 0.6) is 0 Å². The summed E-state index contributed by atoms with van der Waals surface area (Å²) >= 11 is 0. The molecular formula is C15H18F4O4S. The summed E-state index contributed by atoms with van der Waals surface area (Å²) in [5.74, 6) is -6.40. The minimum Gasteiger partial charge on any atom is -0.363 e. The smallest absolute Gasteiger partial charge is 0.363 e. The van der Waals surface area contributed by atoms with Gasteiger partial charge in [0.1, 0.15) is 0 Å². The summed E-state index contributed by atoms with van der Waals surface area (Å²) in [6.07, 6.45) is -6.93. The zero-order chi connectivity index (χ0) is 18.6. The van der Waals surface area contributed by atoms with Crippen molar-refractivity contribution < 1.29 is 35.8 Å². The SMILES string of the molecule is Cc1ccc(S(=O)(=O)C[C@H]2[C@H](C)O[C@@](C)(O)[C@@]2(F)C(F)(F)F)cc1. The molecule has 0 saturated carbocycles. The zero-order valence-corrected chi connectivity index (χ0v) is 14.1. The third-order valence-corrected chi connectivity index (χ3v) is 6.15. The van der Waals surface area contributed by atoms with Gasteiger partial charge in [-0.05, 0) is 32.9 Å². The Bertz CT molecular complexity index is 712. The van der Waals surface area contributed by atoms with Gasteiger partial charge >= 0.3 is 6.18 Å². The lowest BCUT2D eigenvalue weighted by atomic mass is 9.83. The van der Waals surface area contributed by atoms with Gasteiger partial charge in [0.05, 0.1) is 16.8 Å².